The molecule has 0 saturated carbocycles. The summed E-state index contributed by atoms with van der Waals surface area (Å²) in [7, 11) is 0. The Morgan fingerprint density at radius 2 is 0.506 bits per heavy atom. The van der Waals surface area contributed by atoms with Gasteiger partial charge in [0.25, 0.3) is 0 Å². The first-order valence-corrected chi connectivity index (χ1v) is 34.1. The van der Waals surface area contributed by atoms with Crippen LogP contribution in [0, 0.1) is 0 Å². The third-order valence-corrected chi connectivity index (χ3v) is 15.3. The summed E-state index contributed by atoms with van der Waals surface area (Å²) >= 11 is 0. The molecule has 0 heterocycles. The van der Waals surface area contributed by atoms with E-state index in [1.165, 1.54) is 244 Å². The van der Waals surface area contributed by atoms with E-state index in [0.29, 0.717) is 19.3 Å². The first-order chi connectivity index (χ1) is 38.0. The molecule has 450 valence electrons. The van der Waals surface area contributed by atoms with Crippen molar-refractivity contribution in [3.8, 4) is 0 Å². The lowest BCUT2D eigenvalue weighted by atomic mass is 10.0. The number of unbranched alkanes of at least 4 members (excludes halogenated alkanes) is 44. The van der Waals surface area contributed by atoms with Gasteiger partial charge in [0.2, 0.25) is 0 Å². The average molecular weight is 1080 g/mol. The maximum atomic E-state index is 12.9. The van der Waals surface area contributed by atoms with E-state index in [1.54, 1.807) is 0 Å². The molecule has 0 aliphatic carbocycles. The van der Waals surface area contributed by atoms with Gasteiger partial charge in [0.05, 0.1) is 0 Å². The Labute approximate surface area is 479 Å². The van der Waals surface area contributed by atoms with Crippen LogP contribution in [0.25, 0.3) is 0 Å². The van der Waals surface area contributed by atoms with Crippen molar-refractivity contribution >= 4 is 17.9 Å². The summed E-state index contributed by atoms with van der Waals surface area (Å²) in [5.41, 5.74) is 0. The second-order valence-electron chi connectivity index (χ2n) is 23.1. The third-order valence-electron chi connectivity index (χ3n) is 15.3. The van der Waals surface area contributed by atoms with E-state index < -0.39 is 6.10 Å². The van der Waals surface area contributed by atoms with E-state index in [4.69, 9.17) is 14.2 Å². The molecule has 1 unspecified atom stereocenters. The number of carbonyl (C=O) groups excluding carboxylic acids is 3. The summed E-state index contributed by atoms with van der Waals surface area (Å²) in [6.07, 6.45) is 82.9. The summed E-state index contributed by atoms with van der Waals surface area (Å²) in [4.78, 5) is 38.3. The normalized spacial score (nSPS) is 12.3. The Morgan fingerprint density at radius 3 is 0.792 bits per heavy atom. The minimum atomic E-state index is -0.767. The van der Waals surface area contributed by atoms with Gasteiger partial charge in [0.15, 0.2) is 6.10 Å². The topological polar surface area (TPSA) is 78.9 Å². The summed E-state index contributed by atoms with van der Waals surface area (Å²) in [6, 6.07) is 0. The van der Waals surface area contributed by atoms with Gasteiger partial charge in [-0.2, -0.15) is 0 Å². The number of hydrogen-bond donors (Lipinski definition) is 0. The monoisotopic (exact) mass is 1080 g/mol. The molecule has 0 aliphatic rings. The van der Waals surface area contributed by atoms with E-state index in [2.05, 4.69) is 69.4 Å². The van der Waals surface area contributed by atoms with Crippen LogP contribution in [-0.2, 0) is 28.6 Å². The summed E-state index contributed by atoms with van der Waals surface area (Å²) in [6.45, 7) is 6.58. The molecule has 0 aliphatic heterocycles. The zero-order chi connectivity index (χ0) is 55.7. The van der Waals surface area contributed by atoms with Gasteiger partial charge in [-0.1, -0.05) is 339 Å². The van der Waals surface area contributed by atoms with Crippen molar-refractivity contribution in [1.82, 2.24) is 0 Å². The van der Waals surface area contributed by atoms with Gasteiger partial charge in [0, 0.05) is 19.3 Å². The molecule has 0 N–H and O–H groups in total. The first-order valence-electron chi connectivity index (χ1n) is 34.1. The van der Waals surface area contributed by atoms with Gasteiger partial charge in [-0.25, -0.2) is 0 Å². The van der Waals surface area contributed by atoms with Crippen LogP contribution in [0.1, 0.15) is 367 Å². The molecule has 0 rings (SSSR count). The maximum Gasteiger partial charge on any atom is 0.306 e. The fraction of sp³-hybridized carbons (Fsp3) is 0.845. The van der Waals surface area contributed by atoms with Crippen molar-refractivity contribution in [2.75, 3.05) is 13.2 Å². The predicted octanol–water partition coefficient (Wildman–Crippen LogP) is 23.3. The number of rotatable bonds is 63. The fourth-order valence-electron chi connectivity index (χ4n) is 10.3. The first kappa shape index (κ1) is 74.4. The summed E-state index contributed by atoms with van der Waals surface area (Å²) < 4.78 is 16.9. The van der Waals surface area contributed by atoms with Crippen LogP contribution in [0.3, 0.4) is 0 Å². The van der Waals surface area contributed by atoms with E-state index >= 15 is 0 Å². The molecule has 0 saturated heterocycles. The fourth-order valence-corrected chi connectivity index (χ4v) is 10.3. The Morgan fingerprint density at radius 1 is 0.273 bits per heavy atom. The predicted molar refractivity (Wildman–Crippen MR) is 335 cm³/mol. The van der Waals surface area contributed by atoms with Crippen LogP contribution in [-0.4, -0.2) is 37.2 Å². The molecule has 0 bridgehead atoms. The minimum absolute atomic E-state index is 0.0654. The van der Waals surface area contributed by atoms with Crippen molar-refractivity contribution in [2.45, 2.75) is 374 Å². The molecule has 0 spiro atoms. The zero-order valence-corrected chi connectivity index (χ0v) is 51.7. The molecule has 1 atom stereocenters. The maximum absolute atomic E-state index is 12.9. The SMILES string of the molecule is CC/C=C\C/C=C\C/C=C\C/C=C\CCCCCCCCCCCCCCCCCCCCC(=O)OCC(COC(=O)CCCCCCCCCCCC)OC(=O)CCCCCCCCCCCCCCCCCCCC. The van der Waals surface area contributed by atoms with Gasteiger partial charge in [-0.15, -0.1) is 0 Å². The Bertz CT molecular complexity index is 1330. The van der Waals surface area contributed by atoms with Crippen LogP contribution in [0.5, 0.6) is 0 Å². The van der Waals surface area contributed by atoms with Gasteiger partial charge in [0.1, 0.15) is 13.2 Å². The molecular formula is C71H130O6. The van der Waals surface area contributed by atoms with Gasteiger partial charge < -0.3 is 14.2 Å². The van der Waals surface area contributed by atoms with Crippen molar-refractivity contribution in [2.24, 2.45) is 0 Å². The lowest BCUT2D eigenvalue weighted by Gasteiger charge is -2.18. The van der Waals surface area contributed by atoms with Gasteiger partial charge in [-0.05, 0) is 57.8 Å². The molecule has 77 heavy (non-hydrogen) atoms. The second kappa shape index (κ2) is 65.9. The molecular weight excluding hydrogens is 949 g/mol. The van der Waals surface area contributed by atoms with Crippen molar-refractivity contribution in [3.05, 3.63) is 48.6 Å². The third kappa shape index (κ3) is 64.1. The van der Waals surface area contributed by atoms with Gasteiger partial charge >= 0.3 is 17.9 Å². The Balaban J connectivity index is 4.09. The number of ether oxygens (including phenoxy) is 3. The van der Waals surface area contributed by atoms with Crippen LogP contribution < -0.4 is 0 Å². The van der Waals surface area contributed by atoms with E-state index in [0.717, 1.165) is 83.5 Å². The molecule has 0 aromatic rings. The van der Waals surface area contributed by atoms with Crippen molar-refractivity contribution in [3.63, 3.8) is 0 Å². The van der Waals surface area contributed by atoms with Crippen LogP contribution in [0.4, 0.5) is 0 Å². The standard InChI is InChI=1S/C71H130O6/c1-4-7-10-13-16-19-22-24-26-28-30-31-32-33-34-35-36-37-38-39-40-41-42-44-45-47-49-52-55-58-61-64-70(73)76-67-68(66-75-69(72)63-60-57-54-51-21-18-15-12-9-6-3)77-71(74)65-62-59-56-53-50-48-46-43-29-27-25-23-20-17-14-11-8-5-2/h7,10,16,19,24,26,30-31,68H,4-6,8-9,11-15,17-18,20-23,25,27-29,32-67H2,1-3H3/b10-7-,19-16-,26-24-,31-30-. The lowest BCUT2D eigenvalue weighted by molar-refractivity contribution is -0.167. The van der Waals surface area contributed by atoms with E-state index in [1.807, 2.05) is 0 Å². The Kier molecular flexibility index (Phi) is 63.6. The Hall–Kier alpha value is -2.63. The van der Waals surface area contributed by atoms with Crippen LogP contribution in [0.15, 0.2) is 48.6 Å². The second-order valence-corrected chi connectivity index (χ2v) is 23.1. The molecule has 0 aromatic heterocycles. The van der Waals surface area contributed by atoms with E-state index in [9.17, 15) is 14.4 Å². The van der Waals surface area contributed by atoms with Crippen LogP contribution in [0.2, 0.25) is 0 Å². The highest BCUT2D eigenvalue weighted by Crippen LogP contribution is 2.18. The molecule has 0 amide bonds. The number of allylic oxidation sites excluding steroid dienone is 8. The molecule has 6 nitrogen and oxygen atoms in total. The highest BCUT2D eigenvalue weighted by atomic mass is 16.6. The summed E-state index contributed by atoms with van der Waals surface area (Å²) in [5.74, 6) is -0.840. The number of hydrogen-bond acceptors (Lipinski definition) is 6. The summed E-state index contributed by atoms with van der Waals surface area (Å²) in [5, 5.41) is 0. The van der Waals surface area contributed by atoms with Crippen molar-refractivity contribution < 1.29 is 28.6 Å². The van der Waals surface area contributed by atoms with Crippen LogP contribution >= 0.6 is 0 Å². The molecule has 0 fully saturated rings. The quantitative estimate of drug-likeness (QED) is 0.0261. The highest BCUT2D eigenvalue weighted by Gasteiger charge is 2.19. The lowest BCUT2D eigenvalue weighted by Crippen LogP contribution is -2.30. The zero-order valence-electron chi connectivity index (χ0n) is 51.7. The average Bonchev–Trinajstić information content (AvgIpc) is 3.43. The molecule has 0 aromatic carbocycles. The highest BCUT2D eigenvalue weighted by molar-refractivity contribution is 5.71. The number of carbonyl (C=O) groups is 3. The van der Waals surface area contributed by atoms with Crippen molar-refractivity contribution in [1.29, 1.82) is 0 Å². The molecule has 0 radical (unpaired) electrons. The molecule has 6 heteroatoms. The number of esters is 3. The van der Waals surface area contributed by atoms with Gasteiger partial charge in [-0.3, -0.25) is 14.4 Å². The smallest absolute Gasteiger partial charge is 0.306 e. The van der Waals surface area contributed by atoms with E-state index in [-0.39, 0.29) is 31.1 Å². The largest absolute Gasteiger partial charge is 0.462 e. The minimum Gasteiger partial charge on any atom is -0.462 e.